The molecule has 0 spiro atoms. The van der Waals surface area contributed by atoms with E-state index in [0.717, 1.165) is 16.5 Å². The molecule has 3 aliphatic heterocycles. The third-order valence-corrected chi connectivity index (χ3v) is 7.66. The fourth-order valence-electron chi connectivity index (χ4n) is 4.72. The van der Waals surface area contributed by atoms with Crippen molar-refractivity contribution < 1.29 is 14.3 Å². The van der Waals surface area contributed by atoms with E-state index in [1.807, 2.05) is 24.4 Å². The number of hydrazone groups is 1. The van der Waals surface area contributed by atoms with E-state index in [-0.39, 0.29) is 23.7 Å². The standard InChI is InChI=1S/C28H26N6O3S/c1-18-6-8-19(9-7-18)16-33-17-20(21-4-2-3-5-23(21)33)14-22-26(29)34-28(30-27(22)36)38-24(31-34)15-25(35)32-10-12-37-13-11-32/h2-9,14,17,29H,10-13,15-16H2,1H3. The van der Waals surface area contributed by atoms with Crippen LogP contribution in [0.25, 0.3) is 17.0 Å². The van der Waals surface area contributed by atoms with Crippen molar-refractivity contribution in [3.8, 4) is 0 Å². The van der Waals surface area contributed by atoms with Crippen LogP contribution in [-0.4, -0.2) is 68.6 Å². The van der Waals surface area contributed by atoms with Crippen LogP contribution >= 0.6 is 11.8 Å². The summed E-state index contributed by atoms with van der Waals surface area (Å²) in [5.74, 6) is -0.577. The summed E-state index contributed by atoms with van der Waals surface area (Å²) in [7, 11) is 0. The summed E-state index contributed by atoms with van der Waals surface area (Å²) >= 11 is 1.17. The number of ether oxygens (including phenoxy) is 1. The molecule has 38 heavy (non-hydrogen) atoms. The van der Waals surface area contributed by atoms with E-state index >= 15 is 0 Å². The molecule has 0 saturated carbocycles. The summed E-state index contributed by atoms with van der Waals surface area (Å²) < 4.78 is 7.47. The predicted octanol–water partition coefficient (Wildman–Crippen LogP) is 3.87. The summed E-state index contributed by atoms with van der Waals surface area (Å²) in [5, 5.41) is 16.4. The summed E-state index contributed by atoms with van der Waals surface area (Å²) in [5.41, 5.74) is 4.42. The minimum Gasteiger partial charge on any atom is -0.378 e. The van der Waals surface area contributed by atoms with Crippen molar-refractivity contribution in [2.45, 2.75) is 19.9 Å². The van der Waals surface area contributed by atoms with Crippen LogP contribution in [0.1, 0.15) is 23.1 Å². The van der Waals surface area contributed by atoms with E-state index in [0.29, 0.717) is 43.1 Å². The number of aryl methyl sites for hydroxylation is 1. The summed E-state index contributed by atoms with van der Waals surface area (Å²) in [6, 6.07) is 16.4. The molecule has 0 radical (unpaired) electrons. The van der Waals surface area contributed by atoms with Gasteiger partial charge in [-0.1, -0.05) is 48.0 Å². The van der Waals surface area contributed by atoms with E-state index < -0.39 is 5.91 Å². The number of amides is 2. The fourth-order valence-corrected chi connectivity index (χ4v) is 5.60. The van der Waals surface area contributed by atoms with Crippen molar-refractivity contribution >= 4 is 56.6 Å². The Morgan fingerprint density at radius 2 is 1.89 bits per heavy atom. The number of para-hydroxylation sites is 1. The Kier molecular flexibility index (Phi) is 6.42. The van der Waals surface area contributed by atoms with E-state index in [9.17, 15) is 9.59 Å². The molecule has 0 bridgehead atoms. The van der Waals surface area contributed by atoms with Gasteiger partial charge in [0.1, 0.15) is 5.04 Å². The van der Waals surface area contributed by atoms with Crippen molar-refractivity contribution in [1.82, 2.24) is 14.5 Å². The van der Waals surface area contributed by atoms with Gasteiger partial charge in [-0.2, -0.15) is 15.1 Å². The third-order valence-electron chi connectivity index (χ3n) is 6.76. The molecule has 0 aliphatic carbocycles. The molecule has 4 heterocycles. The lowest BCUT2D eigenvalue weighted by Gasteiger charge is -2.26. The molecule has 192 valence electrons. The number of nitrogens with zero attached hydrogens (tertiary/aromatic N) is 5. The highest BCUT2D eigenvalue weighted by molar-refractivity contribution is 8.27. The Bertz CT molecular complexity index is 1550. The highest BCUT2D eigenvalue weighted by Crippen LogP contribution is 2.31. The topological polar surface area (TPSA) is 103 Å². The van der Waals surface area contributed by atoms with Crippen LogP contribution in [0.2, 0.25) is 0 Å². The Hall–Kier alpha value is -4.02. The zero-order valence-electron chi connectivity index (χ0n) is 20.9. The van der Waals surface area contributed by atoms with Crippen molar-refractivity contribution in [2.75, 3.05) is 26.3 Å². The average Bonchev–Trinajstić information content (AvgIpc) is 3.49. The number of thioether (sulfide) groups is 1. The van der Waals surface area contributed by atoms with Gasteiger partial charge in [0.2, 0.25) is 11.1 Å². The molecule has 0 unspecified atom stereocenters. The van der Waals surface area contributed by atoms with Gasteiger partial charge in [-0.3, -0.25) is 15.0 Å². The number of hydrogen-bond donors (Lipinski definition) is 1. The second kappa shape index (κ2) is 10.0. The van der Waals surface area contributed by atoms with E-state index in [1.54, 1.807) is 11.0 Å². The highest BCUT2D eigenvalue weighted by atomic mass is 32.2. The van der Waals surface area contributed by atoms with Crippen LogP contribution in [0.5, 0.6) is 0 Å². The molecule has 1 N–H and O–H groups in total. The van der Waals surface area contributed by atoms with Crippen LogP contribution in [0.4, 0.5) is 0 Å². The molecule has 2 aromatic carbocycles. The Balaban J connectivity index is 1.27. The van der Waals surface area contributed by atoms with Gasteiger partial charge in [-0.15, -0.1) is 0 Å². The lowest BCUT2D eigenvalue weighted by atomic mass is 10.1. The van der Waals surface area contributed by atoms with Gasteiger partial charge in [0.25, 0.3) is 5.91 Å². The number of morpholine rings is 1. The van der Waals surface area contributed by atoms with E-state index in [1.165, 1.54) is 27.9 Å². The van der Waals surface area contributed by atoms with Gasteiger partial charge >= 0.3 is 0 Å². The highest BCUT2D eigenvalue weighted by Gasteiger charge is 2.36. The van der Waals surface area contributed by atoms with Crippen LogP contribution in [0, 0.1) is 12.3 Å². The number of rotatable bonds is 5. The number of amidine groups is 2. The van der Waals surface area contributed by atoms with Gasteiger partial charge in [-0.25, -0.2) is 0 Å². The monoisotopic (exact) mass is 526 g/mol. The number of nitrogens with one attached hydrogen (secondary N) is 1. The number of carbonyl (C=O) groups excluding carboxylic acids is 2. The number of hydrogen-bond acceptors (Lipinski definition) is 6. The molecule has 3 aliphatic rings. The van der Waals surface area contributed by atoms with Crippen molar-refractivity contribution in [1.29, 1.82) is 5.41 Å². The number of benzene rings is 2. The largest absolute Gasteiger partial charge is 0.378 e. The second-order valence-corrected chi connectivity index (χ2v) is 10.4. The van der Waals surface area contributed by atoms with Crippen LogP contribution in [0.15, 0.2) is 70.4 Å². The summed E-state index contributed by atoms with van der Waals surface area (Å²) in [4.78, 5) is 31.6. The molecular formula is C28H26N6O3S. The minimum atomic E-state index is -0.486. The number of carbonyl (C=O) groups is 2. The van der Waals surface area contributed by atoms with Crippen molar-refractivity contribution in [2.24, 2.45) is 10.1 Å². The zero-order valence-corrected chi connectivity index (χ0v) is 21.7. The van der Waals surface area contributed by atoms with Gasteiger partial charge in [0.05, 0.1) is 25.2 Å². The lowest BCUT2D eigenvalue weighted by molar-refractivity contribution is -0.133. The first-order valence-corrected chi connectivity index (χ1v) is 13.3. The summed E-state index contributed by atoms with van der Waals surface area (Å²) in [6.07, 6.45) is 3.83. The van der Waals surface area contributed by atoms with Gasteiger partial charge in [0, 0.05) is 42.3 Å². The predicted molar refractivity (Wildman–Crippen MR) is 149 cm³/mol. The Morgan fingerprint density at radius 1 is 1.13 bits per heavy atom. The maximum atomic E-state index is 13.0. The first-order chi connectivity index (χ1) is 18.5. The van der Waals surface area contributed by atoms with Crippen molar-refractivity contribution in [3.63, 3.8) is 0 Å². The minimum absolute atomic E-state index is 0.0447. The number of aliphatic imine (C=N–C) groups is 1. The molecule has 10 heteroatoms. The molecule has 2 amide bonds. The van der Waals surface area contributed by atoms with Gasteiger partial charge < -0.3 is 14.2 Å². The van der Waals surface area contributed by atoms with Gasteiger partial charge in [-0.05, 0) is 36.4 Å². The molecular weight excluding hydrogens is 500 g/mol. The fraction of sp³-hybridized carbons (Fsp3) is 0.250. The average molecular weight is 527 g/mol. The second-order valence-electron chi connectivity index (χ2n) is 9.40. The zero-order chi connectivity index (χ0) is 26.2. The lowest BCUT2D eigenvalue weighted by Crippen LogP contribution is -2.41. The van der Waals surface area contributed by atoms with E-state index in [4.69, 9.17) is 10.1 Å². The Morgan fingerprint density at radius 3 is 2.68 bits per heavy atom. The molecule has 1 fully saturated rings. The normalized spacial score (nSPS) is 18.7. The van der Waals surface area contributed by atoms with Crippen LogP contribution in [0.3, 0.4) is 0 Å². The molecule has 6 rings (SSSR count). The number of aromatic nitrogens is 1. The van der Waals surface area contributed by atoms with E-state index in [2.05, 4.69) is 51.9 Å². The molecule has 9 nitrogen and oxygen atoms in total. The van der Waals surface area contributed by atoms with Crippen LogP contribution in [-0.2, 0) is 20.9 Å². The summed E-state index contributed by atoms with van der Waals surface area (Å²) in [6.45, 7) is 4.92. The number of fused-ring (bicyclic) bond motifs is 2. The smallest absolute Gasteiger partial charge is 0.283 e. The first kappa shape index (κ1) is 24.3. The molecule has 1 saturated heterocycles. The quantitative estimate of drug-likeness (QED) is 0.509. The SMILES string of the molecule is Cc1ccc(Cn2cc(C=C3C(=N)N4N=C(CC(=O)N5CCOCC5)SC4=NC3=O)c3ccccc32)cc1. The first-order valence-electron chi connectivity index (χ1n) is 12.4. The van der Waals surface area contributed by atoms with Crippen LogP contribution < -0.4 is 0 Å². The molecule has 1 aromatic heterocycles. The molecule has 0 atom stereocenters. The maximum Gasteiger partial charge on any atom is 0.283 e. The Labute approximate surface area is 224 Å². The third kappa shape index (κ3) is 4.68. The molecule has 3 aromatic rings. The van der Waals surface area contributed by atoms with Crippen molar-refractivity contribution in [3.05, 3.63) is 77.0 Å². The maximum absolute atomic E-state index is 13.0. The van der Waals surface area contributed by atoms with Gasteiger partial charge in [0.15, 0.2) is 5.84 Å².